The third-order valence-electron chi connectivity index (χ3n) is 4.23. The molecule has 1 unspecified atom stereocenters. The number of hydrogen-bond acceptors (Lipinski definition) is 2. The Kier molecular flexibility index (Phi) is 9.64. The Hall–Kier alpha value is -0.0400. The molecule has 1 saturated carbocycles. The van der Waals surface area contributed by atoms with Gasteiger partial charge in [-0.2, -0.15) is 0 Å². The molecular formula is C16H33IN4. The van der Waals surface area contributed by atoms with Gasteiger partial charge in [0.05, 0.1) is 0 Å². The van der Waals surface area contributed by atoms with Gasteiger partial charge >= 0.3 is 0 Å². The number of guanidine groups is 1. The van der Waals surface area contributed by atoms with Crippen molar-refractivity contribution in [3.05, 3.63) is 0 Å². The van der Waals surface area contributed by atoms with Gasteiger partial charge in [0.25, 0.3) is 0 Å². The van der Waals surface area contributed by atoms with E-state index in [4.69, 9.17) is 0 Å². The minimum Gasteiger partial charge on any atom is -0.357 e. The van der Waals surface area contributed by atoms with E-state index >= 15 is 0 Å². The quantitative estimate of drug-likeness (QED) is 0.295. The first-order valence-electron chi connectivity index (χ1n) is 8.52. The molecule has 0 spiro atoms. The lowest BCUT2D eigenvalue weighted by Gasteiger charge is -2.30. The SMILES string of the molecule is CCNC(=NCC1CC1)NCCCN1CCCC(C)C1.I. The molecule has 0 aromatic heterocycles. The van der Waals surface area contributed by atoms with Crippen LogP contribution in [0.4, 0.5) is 0 Å². The second-order valence-electron chi connectivity index (χ2n) is 6.49. The second kappa shape index (κ2) is 10.6. The lowest BCUT2D eigenvalue weighted by molar-refractivity contribution is 0.182. The van der Waals surface area contributed by atoms with Gasteiger partial charge in [-0.25, -0.2) is 0 Å². The highest BCUT2D eigenvalue weighted by atomic mass is 127. The molecule has 2 aliphatic rings. The molecule has 2 N–H and O–H groups in total. The summed E-state index contributed by atoms with van der Waals surface area (Å²) in [5, 5.41) is 6.80. The van der Waals surface area contributed by atoms with Gasteiger partial charge < -0.3 is 15.5 Å². The molecular weight excluding hydrogens is 375 g/mol. The number of hydrogen-bond donors (Lipinski definition) is 2. The normalized spacial score (nSPS) is 23.5. The second-order valence-corrected chi connectivity index (χ2v) is 6.49. The van der Waals surface area contributed by atoms with Gasteiger partial charge in [-0.05, 0) is 64.0 Å². The van der Waals surface area contributed by atoms with Crippen LogP contribution in [0, 0.1) is 11.8 Å². The van der Waals surface area contributed by atoms with Crippen LogP contribution < -0.4 is 10.6 Å². The third-order valence-corrected chi connectivity index (χ3v) is 4.23. The van der Waals surface area contributed by atoms with Crippen molar-refractivity contribution in [1.82, 2.24) is 15.5 Å². The Morgan fingerprint density at radius 3 is 2.71 bits per heavy atom. The Balaban J connectivity index is 0.00000220. The van der Waals surface area contributed by atoms with Crippen molar-refractivity contribution >= 4 is 29.9 Å². The van der Waals surface area contributed by atoms with E-state index < -0.39 is 0 Å². The van der Waals surface area contributed by atoms with Crippen LogP contribution in [0.15, 0.2) is 4.99 Å². The highest BCUT2D eigenvalue weighted by molar-refractivity contribution is 14.0. The molecule has 5 heteroatoms. The number of nitrogens with one attached hydrogen (secondary N) is 2. The first-order chi connectivity index (χ1) is 9.78. The smallest absolute Gasteiger partial charge is 0.191 e. The summed E-state index contributed by atoms with van der Waals surface area (Å²) in [6.07, 6.45) is 6.74. The van der Waals surface area contributed by atoms with E-state index in [1.165, 1.54) is 51.7 Å². The van der Waals surface area contributed by atoms with E-state index in [2.05, 4.69) is 34.4 Å². The van der Waals surface area contributed by atoms with Crippen molar-refractivity contribution < 1.29 is 0 Å². The van der Waals surface area contributed by atoms with Gasteiger partial charge in [0.2, 0.25) is 0 Å². The molecule has 2 rings (SSSR count). The Bertz CT molecular complexity index is 305. The summed E-state index contributed by atoms with van der Waals surface area (Å²) >= 11 is 0. The first kappa shape index (κ1) is 19.0. The lowest BCUT2D eigenvalue weighted by Crippen LogP contribution is -2.40. The van der Waals surface area contributed by atoms with Crippen molar-refractivity contribution in [2.45, 2.75) is 46.0 Å². The van der Waals surface area contributed by atoms with Crippen LogP contribution >= 0.6 is 24.0 Å². The number of aliphatic imine (C=N–C) groups is 1. The molecule has 1 heterocycles. The van der Waals surface area contributed by atoms with Crippen LogP contribution in [0.1, 0.15) is 46.0 Å². The number of piperidine rings is 1. The molecule has 0 aromatic rings. The van der Waals surface area contributed by atoms with Crippen LogP contribution in [-0.4, -0.2) is 50.1 Å². The molecule has 4 nitrogen and oxygen atoms in total. The van der Waals surface area contributed by atoms with Crippen LogP contribution in [0.25, 0.3) is 0 Å². The number of rotatable bonds is 7. The van der Waals surface area contributed by atoms with Crippen molar-refractivity contribution in [2.24, 2.45) is 16.8 Å². The number of nitrogens with zero attached hydrogens (tertiary/aromatic N) is 2. The molecule has 21 heavy (non-hydrogen) atoms. The van der Waals surface area contributed by atoms with Crippen molar-refractivity contribution in [1.29, 1.82) is 0 Å². The molecule has 1 atom stereocenters. The average molecular weight is 408 g/mol. The van der Waals surface area contributed by atoms with Crippen LogP contribution in [0.5, 0.6) is 0 Å². The van der Waals surface area contributed by atoms with E-state index in [1.807, 2.05) is 0 Å². The fourth-order valence-corrected chi connectivity index (χ4v) is 2.86. The Morgan fingerprint density at radius 2 is 2.05 bits per heavy atom. The maximum atomic E-state index is 4.65. The van der Waals surface area contributed by atoms with Gasteiger partial charge in [0.1, 0.15) is 0 Å². The van der Waals surface area contributed by atoms with Gasteiger partial charge in [0, 0.05) is 26.2 Å². The van der Waals surface area contributed by atoms with Gasteiger partial charge in [-0.15, -0.1) is 24.0 Å². The molecule has 1 saturated heterocycles. The molecule has 0 aromatic carbocycles. The van der Waals surface area contributed by atoms with Crippen LogP contribution in [0.2, 0.25) is 0 Å². The maximum absolute atomic E-state index is 4.65. The highest BCUT2D eigenvalue weighted by Crippen LogP contribution is 2.28. The summed E-state index contributed by atoms with van der Waals surface area (Å²) in [7, 11) is 0. The molecule has 0 radical (unpaired) electrons. The molecule has 1 aliphatic carbocycles. The molecule has 0 bridgehead atoms. The monoisotopic (exact) mass is 408 g/mol. The van der Waals surface area contributed by atoms with Crippen LogP contribution in [0.3, 0.4) is 0 Å². The number of likely N-dealkylation sites (tertiary alicyclic amines) is 1. The lowest BCUT2D eigenvalue weighted by atomic mass is 10.0. The van der Waals surface area contributed by atoms with E-state index in [0.29, 0.717) is 0 Å². The van der Waals surface area contributed by atoms with Crippen molar-refractivity contribution in [2.75, 3.05) is 39.3 Å². The fraction of sp³-hybridized carbons (Fsp3) is 0.938. The third kappa shape index (κ3) is 8.24. The van der Waals surface area contributed by atoms with Crippen LogP contribution in [-0.2, 0) is 0 Å². The molecule has 124 valence electrons. The van der Waals surface area contributed by atoms with Gasteiger partial charge in [-0.3, -0.25) is 4.99 Å². The summed E-state index contributed by atoms with van der Waals surface area (Å²) in [6.45, 7) is 11.3. The Morgan fingerprint density at radius 1 is 1.24 bits per heavy atom. The zero-order chi connectivity index (χ0) is 14.2. The predicted octanol–water partition coefficient (Wildman–Crippen LogP) is 2.69. The van der Waals surface area contributed by atoms with E-state index in [-0.39, 0.29) is 24.0 Å². The van der Waals surface area contributed by atoms with E-state index in [9.17, 15) is 0 Å². The van der Waals surface area contributed by atoms with Gasteiger partial charge in [0.15, 0.2) is 5.96 Å². The molecule has 2 fully saturated rings. The standard InChI is InChI=1S/C16H32N4.HI/c1-3-17-16(19-12-15-7-8-15)18-9-5-11-20-10-4-6-14(2)13-20;/h14-15H,3-13H2,1-2H3,(H2,17,18,19);1H. The largest absolute Gasteiger partial charge is 0.357 e. The summed E-state index contributed by atoms with van der Waals surface area (Å²) in [4.78, 5) is 7.27. The zero-order valence-corrected chi connectivity index (χ0v) is 16.1. The molecule has 0 amide bonds. The number of halogens is 1. The highest BCUT2D eigenvalue weighted by Gasteiger charge is 2.20. The average Bonchev–Trinajstić information content (AvgIpc) is 3.25. The van der Waals surface area contributed by atoms with Crippen molar-refractivity contribution in [3.8, 4) is 0 Å². The summed E-state index contributed by atoms with van der Waals surface area (Å²) in [5.41, 5.74) is 0. The van der Waals surface area contributed by atoms with E-state index in [1.54, 1.807) is 0 Å². The summed E-state index contributed by atoms with van der Waals surface area (Å²) < 4.78 is 0. The van der Waals surface area contributed by atoms with E-state index in [0.717, 1.165) is 37.4 Å². The maximum Gasteiger partial charge on any atom is 0.191 e. The molecule has 1 aliphatic heterocycles. The predicted molar refractivity (Wildman–Crippen MR) is 102 cm³/mol. The summed E-state index contributed by atoms with van der Waals surface area (Å²) in [5.74, 6) is 2.75. The Labute approximate surface area is 147 Å². The van der Waals surface area contributed by atoms with Crippen molar-refractivity contribution in [3.63, 3.8) is 0 Å². The minimum absolute atomic E-state index is 0. The minimum atomic E-state index is 0. The fourth-order valence-electron chi connectivity index (χ4n) is 2.86. The first-order valence-corrected chi connectivity index (χ1v) is 8.52. The van der Waals surface area contributed by atoms with Gasteiger partial charge in [-0.1, -0.05) is 6.92 Å². The zero-order valence-electron chi connectivity index (χ0n) is 13.7. The summed E-state index contributed by atoms with van der Waals surface area (Å²) in [6, 6.07) is 0. The topological polar surface area (TPSA) is 39.7 Å².